The van der Waals surface area contributed by atoms with Crippen LogP contribution in [-0.4, -0.2) is 9.97 Å². The Kier molecular flexibility index (Phi) is 4.77. The third-order valence-corrected chi connectivity index (χ3v) is 3.53. The SMILES string of the molecule is CCCc1c(Cl)ncnc1Oc1cc(Br)ccc1C. The van der Waals surface area contributed by atoms with Gasteiger partial charge in [0, 0.05) is 4.47 Å². The molecule has 0 saturated carbocycles. The van der Waals surface area contributed by atoms with E-state index in [9.17, 15) is 0 Å². The van der Waals surface area contributed by atoms with Crippen molar-refractivity contribution in [1.29, 1.82) is 0 Å². The van der Waals surface area contributed by atoms with Crippen molar-refractivity contribution in [2.24, 2.45) is 0 Å². The number of nitrogens with zero attached hydrogens (tertiary/aromatic N) is 2. The summed E-state index contributed by atoms with van der Waals surface area (Å²) in [4.78, 5) is 8.20. The lowest BCUT2D eigenvalue weighted by Crippen LogP contribution is -1.98. The van der Waals surface area contributed by atoms with E-state index in [2.05, 4.69) is 32.8 Å². The van der Waals surface area contributed by atoms with Gasteiger partial charge in [-0.2, -0.15) is 0 Å². The summed E-state index contributed by atoms with van der Waals surface area (Å²) in [6, 6.07) is 5.88. The van der Waals surface area contributed by atoms with Gasteiger partial charge in [-0.25, -0.2) is 9.97 Å². The zero-order chi connectivity index (χ0) is 13.8. The van der Waals surface area contributed by atoms with Gasteiger partial charge in [0.15, 0.2) is 0 Å². The molecule has 0 saturated heterocycles. The molecule has 0 aliphatic rings. The van der Waals surface area contributed by atoms with Crippen LogP contribution in [0.15, 0.2) is 29.0 Å². The predicted molar refractivity (Wildman–Crippen MR) is 80.0 cm³/mol. The van der Waals surface area contributed by atoms with E-state index in [0.717, 1.165) is 34.2 Å². The minimum absolute atomic E-state index is 0.458. The Hall–Kier alpha value is -1.13. The molecule has 1 heterocycles. The van der Waals surface area contributed by atoms with Crippen molar-refractivity contribution in [3.8, 4) is 11.6 Å². The number of aryl methyl sites for hydroxylation is 1. The summed E-state index contributed by atoms with van der Waals surface area (Å²) in [5, 5.41) is 0.458. The van der Waals surface area contributed by atoms with Gasteiger partial charge in [-0.15, -0.1) is 0 Å². The molecule has 3 nitrogen and oxygen atoms in total. The summed E-state index contributed by atoms with van der Waals surface area (Å²) in [6.45, 7) is 4.07. The molecule has 0 bridgehead atoms. The van der Waals surface area contributed by atoms with Gasteiger partial charge < -0.3 is 4.74 Å². The first-order valence-electron chi connectivity index (χ1n) is 6.05. The normalized spacial score (nSPS) is 10.5. The number of halogens is 2. The Balaban J connectivity index is 2.37. The molecule has 5 heteroatoms. The summed E-state index contributed by atoms with van der Waals surface area (Å²) in [5.41, 5.74) is 1.89. The van der Waals surface area contributed by atoms with Crippen molar-refractivity contribution in [2.75, 3.05) is 0 Å². The van der Waals surface area contributed by atoms with Crippen molar-refractivity contribution in [3.05, 3.63) is 45.3 Å². The zero-order valence-electron chi connectivity index (χ0n) is 10.8. The van der Waals surface area contributed by atoms with E-state index in [1.54, 1.807) is 0 Å². The van der Waals surface area contributed by atoms with E-state index in [-0.39, 0.29) is 0 Å². The molecule has 19 heavy (non-hydrogen) atoms. The molecular weight excluding hydrogens is 328 g/mol. The predicted octanol–water partition coefficient (Wildman–Crippen LogP) is 4.95. The number of hydrogen-bond acceptors (Lipinski definition) is 3. The second kappa shape index (κ2) is 6.35. The Morgan fingerprint density at radius 3 is 2.84 bits per heavy atom. The topological polar surface area (TPSA) is 35.0 Å². The molecule has 0 unspecified atom stereocenters. The van der Waals surface area contributed by atoms with Gasteiger partial charge in [0.1, 0.15) is 17.2 Å². The second-order valence-corrected chi connectivity index (χ2v) is 5.48. The average molecular weight is 342 g/mol. The maximum absolute atomic E-state index is 6.11. The lowest BCUT2D eigenvalue weighted by molar-refractivity contribution is 0.450. The van der Waals surface area contributed by atoms with Crippen LogP contribution < -0.4 is 4.74 Å². The van der Waals surface area contributed by atoms with Gasteiger partial charge in [0.05, 0.1) is 5.56 Å². The molecule has 2 aromatic rings. The first-order chi connectivity index (χ1) is 9.11. The fraction of sp³-hybridized carbons (Fsp3) is 0.286. The molecule has 0 spiro atoms. The molecule has 0 atom stereocenters. The van der Waals surface area contributed by atoms with E-state index in [4.69, 9.17) is 16.3 Å². The summed E-state index contributed by atoms with van der Waals surface area (Å²) in [7, 11) is 0. The maximum atomic E-state index is 6.11. The fourth-order valence-electron chi connectivity index (χ4n) is 1.71. The quantitative estimate of drug-likeness (QED) is 0.738. The van der Waals surface area contributed by atoms with Crippen LogP contribution in [0.25, 0.3) is 0 Å². The lowest BCUT2D eigenvalue weighted by atomic mass is 10.2. The van der Waals surface area contributed by atoms with Gasteiger partial charge in [0.2, 0.25) is 5.88 Å². The molecule has 100 valence electrons. The zero-order valence-corrected chi connectivity index (χ0v) is 13.1. The highest BCUT2D eigenvalue weighted by molar-refractivity contribution is 9.10. The Labute approximate surface area is 126 Å². The second-order valence-electron chi connectivity index (χ2n) is 4.21. The van der Waals surface area contributed by atoms with Crippen molar-refractivity contribution >= 4 is 27.5 Å². The van der Waals surface area contributed by atoms with E-state index < -0.39 is 0 Å². The summed E-state index contributed by atoms with van der Waals surface area (Å²) >= 11 is 9.54. The monoisotopic (exact) mass is 340 g/mol. The summed E-state index contributed by atoms with van der Waals surface area (Å²) < 4.78 is 6.85. The molecule has 2 rings (SSSR count). The molecule has 0 radical (unpaired) electrons. The van der Waals surface area contributed by atoms with Crippen LogP contribution in [0.5, 0.6) is 11.6 Å². The van der Waals surface area contributed by atoms with Crippen LogP contribution in [0.3, 0.4) is 0 Å². The van der Waals surface area contributed by atoms with Crippen LogP contribution in [-0.2, 0) is 6.42 Å². The number of benzene rings is 1. The smallest absolute Gasteiger partial charge is 0.227 e. The van der Waals surface area contributed by atoms with Crippen molar-refractivity contribution in [2.45, 2.75) is 26.7 Å². The summed E-state index contributed by atoms with van der Waals surface area (Å²) in [6.07, 6.45) is 3.17. The van der Waals surface area contributed by atoms with Crippen LogP contribution >= 0.6 is 27.5 Å². The van der Waals surface area contributed by atoms with E-state index in [1.165, 1.54) is 6.33 Å². The molecular formula is C14H14BrClN2O. The minimum atomic E-state index is 0.458. The van der Waals surface area contributed by atoms with Crippen LogP contribution in [0.1, 0.15) is 24.5 Å². The van der Waals surface area contributed by atoms with Crippen LogP contribution in [0.4, 0.5) is 0 Å². The average Bonchev–Trinajstić information content (AvgIpc) is 2.38. The molecule has 0 amide bonds. The van der Waals surface area contributed by atoms with Gasteiger partial charge in [-0.3, -0.25) is 0 Å². The number of aromatic nitrogens is 2. The Morgan fingerprint density at radius 1 is 1.32 bits per heavy atom. The molecule has 0 N–H and O–H groups in total. The Morgan fingerprint density at radius 2 is 2.11 bits per heavy atom. The van der Waals surface area contributed by atoms with Gasteiger partial charge >= 0.3 is 0 Å². The first-order valence-corrected chi connectivity index (χ1v) is 7.22. The highest BCUT2D eigenvalue weighted by Gasteiger charge is 2.12. The Bertz CT molecular complexity index is 590. The number of ether oxygens (including phenoxy) is 1. The van der Waals surface area contributed by atoms with E-state index in [0.29, 0.717) is 11.0 Å². The number of rotatable bonds is 4. The van der Waals surface area contributed by atoms with Crippen LogP contribution in [0, 0.1) is 6.92 Å². The maximum Gasteiger partial charge on any atom is 0.227 e. The molecule has 0 aliphatic heterocycles. The molecule has 0 fully saturated rings. The largest absolute Gasteiger partial charge is 0.438 e. The minimum Gasteiger partial charge on any atom is -0.438 e. The highest BCUT2D eigenvalue weighted by Crippen LogP contribution is 2.31. The van der Waals surface area contributed by atoms with E-state index in [1.807, 2.05) is 25.1 Å². The lowest BCUT2D eigenvalue weighted by Gasteiger charge is -2.12. The third-order valence-electron chi connectivity index (χ3n) is 2.71. The standard InChI is InChI=1S/C14H14BrClN2O/c1-3-4-11-13(16)17-8-18-14(11)19-12-7-10(15)6-5-9(12)2/h5-8H,3-4H2,1-2H3. The molecule has 1 aromatic carbocycles. The summed E-state index contributed by atoms with van der Waals surface area (Å²) in [5.74, 6) is 1.30. The fourth-order valence-corrected chi connectivity index (χ4v) is 2.27. The van der Waals surface area contributed by atoms with Crippen molar-refractivity contribution < 1.29 is 4.74 Å². The van der Waals surface area contributed by atoms with Gasteiger partial charge in [-0.1, -0.05) is 46.9 Å². The van der Waals surface area contributed by atoms with Crippen molar-refractivity contribution in [3.63, 3.8) is 0 Å². The highest BCUT2D eigenvalue weighted by atomic mass is 79.9. The van der Waals surface area contributed by atoms with E-state index >= 15 is 0 Å². The van der Waals surface area contributed by atoms with Gasteiger partial charge in [0.25, 0.3) is 0 Å². The first kappa shape index (κ1) is 14.3. The van der Waals surface area contributed by atoms with Gasteiger partial charge in [-0.05, 0) is 31.0 Å². The third kappa shape index (κ3) is 3.45. The van der Waals surface area contributed by atoms with Crippen LogP contribution in [0.2, 0.25) is 5.15 Å². The number of hydrogen-bond donors (Lipinski definition) is 0. The van der Waals surface area contributed by atoms with Crippen molar-refractivity contribution in [1.82, 2.24) is 9.97 Å². The molecule has 0 aliphatic carbocycles. The molecule has 1 aromatic heterocycles.